The van der Waals surface area contributed by atoms with Crippen molar-refractivity contribution in [3.63, 3.8) is 0 Å². The van der Waals surface area contributed by atoms with E-state index in [2.05, 4.69) is 25.3 Å². The van der Waals surface area contributed by atoms with Crippen LogP contribution in [-0.4, -0.2) is 55.5 Å². The molecule has 0 saturated heterocycles. The highest BCUT2D eigenvalue weighted by Gasteiger charge is 2.35. The molecule has 3 rings (SSSR count). The fourth-order valence-corrected chi connectivity index (χ4v) is 4.36. The number of esters is 1. The van der Waals surface area contributed by atoms with Crippen LogP contribution in [-0.2, 0) is 37.0 Å². The number of carbonyl (C=O) groups excluding carboxylic acids is 1. The van der Waals surface area contributed by atoms with Gasteiger partial charge in [0.05, 0.1) is 25.4 Å². The number of hydrogen-bond donors (Lipinski definition) is 3. The van der Waals surface area contributed by atoms with Crippen molar-refractivity contribution in [1.82, 2.24) is 9.97 Å². The number of nitrogens with one attached hydrogen (secondary N) is 3. The monoisotopic (exact) mass is 653 g/mol. The van der Waals surface area contributed by atoms with Gasteiger partial charge in [-0.3, -0.25) is 9.52 Å². The zero-order valence-electron chi connectivity index (χ0n) is 25.5. The van der Waals surface area contributed by atoms with Gasteiger partial charge in [0, 0.05) is 37.1 Å². The Morgan fingerprint density at radius 3 is 2.38 bits per heavy atom. The average Bonchev–Trinajstić information content (AvgIpc) is 2.95. The third-order valence-electron chi connectivity index (χ3n) is 5.82. The van der Waals surface area contributed by atoms with Crippen molar-refractivity contribution < 1.29 is 40.6 Å². The van der Waals surface area contributed by atoms with Gasteiger partial charge >= 0.3 is 12.1 Å². The van der Waals surface area contributed by atoms with Gasteiger partial charge in [-0.15, -0.1) is 0 Å². The zero-order valence-corrected chi connectivity index (χ0v) is 26.3. The molecule has 0 bridgehead atoms. The van der Waals surface area contributed by atoms with Crippen LogP contribution in [0.5, 0.6) is 5.75 Å². The normalized spacial score (nSPS) is 12.0. The van der Waals surface area contributed by atoms with Crippen molar-refractivity contribution in [3.05, 3.63) is 65.9 Å². The van der Waals surface area contributed by atoms with Gasteiger partial charge < -0.3 is 24.8 Å². The van der Waals surface area contributed by atoms with E-state index in [9.17, 15) is 26.4 Å². The van der Waals surface area contributed by atoms with Crippen LogP contribution in [0.25, 0.3) is 0 Å². The summed E-state index contributed by atoms with van der Waals surface area (Å²) in [6, 6.07) is 13.0. The molecule has 15 heteroatoms. The molecule has 0 atom stereocenters. The summed E-state index contributed by atoms with van der Waals surface area (Å²) in [6.45, 7) is 7.90. The minimum absolute atomic E-state index is 0.0535. The summed E-state index contributed by atoms with van der Waals surface area (Å²) >= 11 is 0. The fraction of sp³-hybridized carbons (Fsp3) is 0.433. The molecule has 0 spiro atoms. The summed E-state index contributed by atoms with van der Waals surface area (Å²) in [5.41, 5.74) is -0.218. The summed E-state index contributed by atoms with van der Waals surface area (Å²) < 4.78 is 83.5. The van der Waals surface area contributed by atoms with Crippen LogP contribution in [0.1, 0.15) is 51.7 Å². The highest BCUT2D eigenvalue weighted by Crippen LogP contribution is 2.34. The number of carbonyl (C=O) groups is 1. The fourth-order valence-electron chi connectivity index (χ4n) is 3.73. The summed E-state index contributed by atoms with van der Waals surface area (Å²) in [5.74, 6) is -0.357. The quantitative estimate of drug-likeness (QED) is 0.122. The highest BCUT2D eigenvalue weighted by molar-refractivity contribution is 7.92. The van der Waals surface area contributed by atoms with Gasteiger partial charge in [-0.25, -0.2) is 13.4 Å². The summed E-state index contributed by atoms with van der Waals surface area (Å²) in [5, 5.41) is 5.57. The lowest BCUT2D eigenvalue weighted by atomic mass is 10.2. The molecule has 246 valence electrons. The first kappa shape index (κ1) is 35.4. The van der Waals surface area contributed by atoms with Gasteiger partial charge in [0.15, 0.2) is 0 Å². The van der Waals surface area contributed by atoms with E-state index < -0.39 is 33.2 Å². The Morgan fingerprint density at radius 2 is 1.71 bits per heavy atom. The van der Waals surface area contributed by atoms with E-state index in [4.69, 9.17) is 14.2 Å². The standard InChI is InChI=1S/C30H38F3N5O6S/c1-5-45(40,41)38-23-9-6-8-21(18-23)19-34-27-25(30(31,32)33)20-35-28(37-27)36-22-10-12-24(13-11-22)43-16-7-15-42-17-14-26(39)44-29(2,3)4/h6,8-13,18,20,38H,5,7,14-17,19H2,1-4H3,(H2,34,35,36,37). The first-order valence-electron chi connectivity index (χ1n) is 14.2. The molecule has 0 aliphatic heterocycles. The summed E-state index contributed by atoms with van der Waals surface area (Å²) in [4.78, 5) is 19.5. The maximum Gasteiger partial charge on any atom is 0.421 e. The number of hydrogen-bond acceptors (Lipinski definition) is 10. The van der Waals surface area contributed by atoms with Crippen molar-refractivity contribution in [2.45, 2.75) is 58.9 Å². The molecule has 0 aliphatic carbocycles. The molecule has 45 heavy (non-hydrogen) atoms. The number of halogens is 3. The smallest absolute Gasteiger partial charge is 0.421 e. The first-order chi connectivity index (χ1) is 21.1. The van der Waals surface area contributed by atoms with Gasteiger partial charge in [0.1, 0.15) is 22.7 Å². The van der Waals surface area contributed by atoms with Crippen LogP contribution in [0.3, 0.4) is 0 Å². The minimum atomic E-state index is -4.71. The highest BCUT2D eigenvalue weighted by atomic mass is 32.2. The molecule has 0 aliphatic rings. The maximum atomic E-state index is 13.7. The second-order valence-corrected chi connectivity index (χ2v) is 12.8. The molecule has 0 radical (unpaired) electrons. The number of nitrogens with zero attached hydrogens (tertiary/aromatic N) is 2. The van der Waals surface area contributed by atoms with Crippen molar-refractivity contribution in [2.24, 2.45) is 0 Å². The van der Waals surface area contributed by atoms with Crippen LogP contribution >= 0.6 is 0 Å². The van der Waals surface area contributed by atoms with Gasteiger partial charge in [-0.2, -0.15) is 18.2 Å². The minimum Gasteiger partial charge on any atom is -0.494 e. The second kappa shape index (κ2) is 15.8. The molecule has 2 aromatic carbocycles. The summed E-state index contributed by atoms with van der Waals surface area (Å²) in [7, 11) is -3.51. The number of rotatable bonds is 16. The van der Waals surface area contributed by atoms with Crippen molar-refractivity contribution in [3.8, 4) is 5.75 Å². The second-order valence-electron chi connectivity index (χ2n) is 10.8. The molecule has 11 nitrogen and oxygen atoms in total. The number of ether oxygens (including phenoxy) is 3. The molecule has 1 aromatic heterocycles. The SMILES string of the molecule is CCS(=O)(=O)Nc1cccc(CNc2nc(Nc3ccc(OCCCOCCC(=O)OC(C)(C)C)cc3)ncc2C(F)(F)F)c1. The Morgan fingerprint density at radius 1 is 0.978 bits per heavy atom. The average molecular weight is 654 g/mol. The molecule has 0 saturated carbocycles. The molecule has 3 aromatic rings. The van der Waals surface area contributed by atoms with Crippen LogP contribution in [0.2, 0.25) is 0 Å². The van der Waals surface area contributed by atoms with Crippen LogP contribution in [0, 0.1) is 0 Å². The number of sulfonamides is 1. The largest absolute Gasteiger partial charge is 0.494 e. The first-order valence-corrected chi connectivity index (χ1v) is 15.9. The van der Waals surface area contributed by atoms with Gasteiger partial charge in [-0.1, -0.05) is 12.1 Å². The molecular weight excluding hydrogens is 615 g/mol. The number of aromatic nitrogens is 2. The van der Waals surface area contributed by atoms with E-state index in [1.54, 1.807) is 63.2 Å². The Balaban J connectivity index is 1.53. The summed E-state index contributed by atoms with van der Waals surface area (Å²) in [6.07, 6.45) is -3.24. The number of alkyl halides is 3. The van der Waals surface area contributed by atoms with Crippen LogP contribution < -0.4 is 20.1 Å². The van der Waals surface area contributed by atoms with Gasteiger partial charge in [0.2, 0.25) is 16.0 Å². The van der Waals surface area contributed by atoms with Crippen molar-refractivity contribution in [2.75, 3.05) is 40.9 Å². The van der Waals surface area contributed by atoms with E-state index >= 15 is 0 Å². The molecule has 0 amide bonds. The predicted octanol–water partition coefficient (Wildman–Crippen LogP) is 6.13. The van der Waals surface area contributed by atoms with E-state index in [1.165, 1.54) is 13.0 Å². The van der Waals surface area contributed by atoms with E-state index in [0.29, 0.717) is 48.5 Å². The Hall–Kier alpha value is -4.11. The lowest BCUT2D eigenvalue weighted by Crippen LogP contribution is -2.24. The molecule has 0 unspecified atom stereocenters. The molecule has 1 heterocycles. The van der Waals surface area contributed by atoms with E-state index in [0.717, 1.165) is 0 Å². The zero-order chi connectivity index (χ0) is 33.1. The Kier molecular flexibility index (Phi) is 12.4. The van der Waals surface area contributed by atoms with Gasteiger partial charge in [0.25, 0.3) is 0 Å². The maximum absolute atomic E-state index is 13.7. The van der Waals surface area contributed by atoms with Crippen LogP contribution in [0.4, 0.5) is 36.3 Å². The number of benzene rings is 2. The van der Waals surface area contributed by atoms with E-state index in [-0.39, 0.29) is 37.2 Å². The third kappa shape index (κ3) is 12.8. The van der Waals surface area contributed by atoms with Gasteiger partial charge in [-0.05, 0) is 69.7 Å². The lowest BCUT2D eigenvalue weighted by molar-refractivity contribution is -0.156. The van der Waals surface area contributed by atoms with Crippen molar-refractivity contribution >= 4 is 39.1 Å². The van der Waals surface area contributed by atoms with Crippen LogP contribution in [0.15, 0.2) is 54.7 Å². The number of anilines is 4. The third-order valence-corrected chi connectivity index (χ3v) is 7.12. The van der Waals surface area contributed by atoms with E-state index in [1.807, 2.05) is 0 Å². The Bertz CT molecular complexity index is 1510. The molecule has 0 fully saturated rings. The lowest BCUT2D eigenvalue weighted by Gasteiger charge is -2.19. The predicted molar refractivity (Wildman–Crippen MR) is 165 cm³/mol. The topological polar surface area (TPSA) is 141 Å². The molecular formula is C30H38F3N5O6S. The Labute approximate surface area is 261 Å². The molecule has 3 N–H and O–H groups in total. The van der Waals surface area contributed by atoms with Crippen molar-refractivity contribution in [1.29, 1.82) is 0 Å².